The summed E-state index contributed by atoms with van der Waals surface area (Å²) in [6.07, 6.45) is -0.435. The van der Waals surface area contributed by atoms with Gasteiger partial charge in [-0.15, -0.1) is 11.3 Å². The summed E-state index contributed by atoms with van der Waals surface area (Å²) >= 11 is 7.56. The molecular formula is C19H20ClN3O5S. The summed E-state index contributed by atoms with van der Waals surface area (Å²) in [4.78, 5) is 27.5. The lowest BCUT2D eigenvalue weighted by atomic mass is 10.00. The van der Waals surface area contributed by atoms with Crippen LogP contribution in [0.5, 0.6) is 11.5 Å². The molecule has 8 nitrogen and oxygen atoms in total. The maximum atomic E-state index is 12.9. The number of anilines is 1. The van der Waals surface area contributed by atoms with Gasteiger partial charge in [-0.2, -0.15) is 0 Å². The van der Waals surface area contributed by atoms with E-state index in [-0.39, 0.29) is 23.5 Å². The minimum Gasteiger partial charge on any atom is -0.504 e. The number of rotatable bonds is 3. The van der Waals surface area contributed by atoms with E-state index < -0.39 is 6.17 Å². The van der Waals surface area contributed by atoms with Crippen LogP contribution in [0.3, 0.4) is 0 Å². The third-order valence-corrected chi connectivity index (χ3v) is 6.33. The highest BCUT2D eigenvalue weighted by atomic mass is 35.5. The van der Waals surface area contributed by atoms with Crippen LogP contribution >= 0.6 is 22.9 Å². The van der Waals surface area contributed by atoms with E-state index in [2.05, 4.69) is 10.6 Å². The first-order chi connectivity index (χ1) is 13.9. The fraction of sp³-hybridized carbons (Fsp3) is 0.368. The molecule has 0 fully saturated rings. The maximum Gasteiger partial charge on any atom is 0.410 e. The largest absolute Gasteiger partial charge is 0.504 e. The fourth-order valence-corrected chi connectivity index (χ4v) is 5.12. The SMILES string of the molecule is CCOC(=O)N1CCc2c(sc3c2C(=O)NC(c2cc(Cl)cc(OC)c2O)N3)C1. The van der Waals surface area contributed by atoms with Crippen LogP contribution in [0.15, 0.2) is 12.1 Å². The van der Waals surface area contributed by atoms with Crippen LogP contribution in [-0.4, -0.2) is 42.3 Å². The number of methoxy groups -OCH3 is 1. The molecule has 0 bridgehead atoms. The van der Waals surface area contributed by atoms with Gasteiger partial charge < -0.3 is 30.1 Å². The van der Waals surface area contributed by atoms with Gasteiger partial charge in [0.1, 0.15) is 11.2 Å². The fourth-order valence-electron chi connectivity index (χ4n) is 3.61. The summed E-state index contributed by atoms with van der Waals surface area (Å²) in [6.45, 7) is 2.99. The van der Waals surface area contributed by atoms with E-state index >= 15 is 0 Å². The average molecular weight is 438 g/mol. The van der Waals surface area contributed by atoms with Gasteiger partial charge in [-0.25, -0.2) is 4.79 Å². The Hall–Kier alpha value is -2.65. The predicted octanol–water partition coefficient (Wildman–Crippen LogP) is 3.48. The van der Waals surface area contributed by atoms with Crippen molar-refractivity contribution in [3.05, 3.63) is 38.7 Å². The standard InChI is InChI=1S/C19H20ClN3O5S/c1-3-28-19(26)23-5-4-10-13(8-23)29-18-14(10)17(25)21-16(22-18)11-6-9(20)7-12(27-2)15(11)24/h6-7,16,22,24H,3-5,8H2,1-2H3,(H,21,25). The molecular weight excluding hydrogens is 418 g/mol. The molecule has 3 N–H and O–H groups in total. The van der Waals surface area contributed by atoms with E-state index in [9.17, 15) is 14.7 Å². The molecule has 154 valence electrons. The molecule has 0 saturated heterocycles. The first-order valence-corrected chi connectivity index (χ1v) is 10.3. The Labute approximate surface area is 176 Å². The lowest BCUT2D eigenvalue weighted by molar-refractivity contribution is 0.0933. The van der Waals surface area contributed by atoms with Crippen molar-refractivity contribution in [2.45, 2.75) is 26.1 Å². The number of carbonyl (C=O) groups excluding carboxylic acids is 2. The summed E-state index contributed by atoms with van der Waals surface area (Å²) in [5, 5.41) is 17.7. The summed E-state index contributed by atoms with van der Waals surface area (Å²) in [6, 6.07) is 3.09. The van der Waals surface area contributed by atoms with Crippen molar-refractivity contribution >= 4 is 39.9 Å². The molecule has 0 saturated carbocycles. The van der Waals surface area contributed by atoms with Crippen LogP contribution in [0.1, 0.15) is 39.5 Å². The second-order valence-electron chi connectivity index (χ2n) is 6.68. The third-order valence-electron chi connectivity index (χ3n) is 4.96. The van der Waals surface area contributed by atoms with Crippen molar-refractivity contribution in [3.63, 3.8) is 0 Å². The number of aromatic hydroxyl groups is 1. The number of hydrogen-bond donors (Lipinski definition) is 3. The van der Waals surface area contributed by atoms with Crippen molar-refractivity contribution in [3.8, 4) is 11.5 Å². The van der Waals surface area contributed by atoms with Gasteiger partial charge in [-0.3, -0.25) is 4.79 Å². The Morgan fingerprint density at radius 3 is 2.93 bits per heavy atom. The summed E-state index contributed by atoms with van der Waals surface area (Å²) < 4.78 is 10.2. The lowest BCUT2D eigenvalue weighted by Gasteiger charge is -2.28. The first-order valence-electron chi connectivity index (χ1n) is 9.13. The zero-order chi connectivity index (χ0) is 20.7. The third kappa shape index (κ3) is 3.44. The summed E-state index contributed by atoms with van der Waals surface area (Å²) in [5.41, 5.74) is 1.95. The normalized spacial score (nSPS) is 17.7. The molecule has 0 spiro atoms. The minimum atomic E-state index is -0.663. The summed E-state index contributed by atoms with van der Waals surface area (Å²) in [5.74, 6) is -0.0953. The van der Waals surface area contributed by atoms with E-state index in [1.807, 2.05) is 0 Å². The Morgan fingerprint density at radius 1 is 1.41 bits per heavy atom. The molecule has 0 aliphatic carbocycles. The molecule has 0 radical (unpaired) electrons. The highest BCUT2D eigenvalue weighted by molar-refractivity contribution is 7.16. The van der Waals surface area contributed by atoms with Crippen LogP contribution in [0, 0.1) is 0 Å². The van der Waals surface area contributed by atoms with Crippen molar-refractivity contribution in [1.29, 1.82) is 0 Å². The van der Waals surface area contributed by atoms with E-state index in [1.54, 1.807) is 17.9 Å². The van der Waals surface area contributed by atoms with Gasteiger partial charge in [0, 0.05) is 28.1 Å². The number of thiophene rings is 1. The Balaban J connectivity index is 1.64. The van der Waals surface area contributed by atoms with E-state index in [0.29, 0.717) is 47.3 Å². The van der Waals surface area contributed by atoms with Crippen molar-refractivity contribution in [2.75, 3.05) is 25.6 Å². The number of amides is 2. The molecule has 29 heavy (non-hydrogen) atoms. The smallest absolute Gasteiger partial charge is 0.410 e. The quantitative estimate of drug-likeness (QED) is 0.679. The van der Waals surface area contributed by atoms with Crippen molar-refractivity contribution < 1.29 is 24.2 Å². The molecule has 1 aromatic carbocycles. The molecule has 4 rings (SSSR count). The number of nitrogens with one attached hydrogen (secondary N) is 2. The van der Waals surface area contributed by atoms with Gasteiger partial charge in [0.25, 0.3) is 5.91 Å². The van der Waals surface area contributed by atoms with E-state index in [0.717, 1.165) is 10.4 Å². The molecule has 10 heteroatoms. The number of nitrogens with zero attached hydrogens (tertiary/aromatic N) is 1. The molecule has 2 aliphatic rings. The number of fused-ring (bicyclic) bond motifs is 3. The Kier molecular flexibility index (Phi) is 5.18. The van der Waals surface area contributed by atoms with E-state index in [1.165, 1.54) is 24.5 Å². The molecule has 1 aromatic heterocycles. The second kappa shape index (κ2) is 7.64. The second-order valence-corrected chi connectivity index (χ2v) is 8.22. The number of ether oxygens (including phenoxy) is 2. The van der Waals surface area contributed by atoms with Gasteiger partial charge in [-0.1, -0.05) is 11.6 Å². The van der Waals surface area contributed by atoms with Crippen LogP contribution < -0.4 is 15.4 Å². The highest BCUT2D eigenvalue weighted by Crippen LogP contribution is 2.43. The molecule has 2 aromatic rings. The van der Waals surface area contributed by atoms with Crippen LogP contribution in [0.2, 0.25) is 5.02 Å². The molecule has 2 aliphatic heterocycles. The van der Waals surface area contributed by atoms with Crippen LogP contribution in [0.25, 0.3) is 0 Å². The zero-order valence-corrected chi connectivity index (χ0v) is 17.4. The molecule has 3 heterocycles. The number of benzene rings is 1. The number of hydrogen-bond acceptors (Lipinski definition) is 7. The lowest BCUT2D eigenvalue weighted by Crippen LogP contribution is -2.39. The van der Waals surface area contributed by atoms with Crippen LogP contribution in [0.4, 0.5) is 9.80 Å². The van der Waals surface area contributed by atoms with Crippen molar-refractivity contribution in [1.82, 2.24) is 10.2 Å². The topological polar surface area (TPSA) is 100 Å². The van der Waals surface area contributed by atoms with Gasteiger partial charge in [-0.05, 0) is 25.0 Å². The van der Waals surface area contributed by atoms with Gasteiger partial charge >= 0.3 is 6.09 Å². The minimum absolute atomic E-state index is 0.0899. The number of phenolic OH excluding ortho intramolecular Hbond substituents is 1. The zero-order valence-electron chi connectivity index (χ0n) is 15.9. The Bertz CT molecular complexity index is 993. The monoisotopic (exact) mass is 437 g/mol. The van der Waals surface area contributed by atoms with Crippen molar-refractivity contribution in [2.24, 2.45) is 0 Å². The Morgan fingerprint density at radius 2 is 2.21 bits per heavy atom. The average Bonchev–Trinajstić information content (AvgIpc) is 3.07. The molecule has 1 atom stereocenters. The summed E-state index contributed by atoms with van der Waals surface area (Å²) in [7, 11) is 1.43. The van der Waals surface area contributed by atoms with Gasteiger partial charge in [0.05, 0.1) is 25.8 Å². The number of halogens is 1. The van der Waals surface area contributed by atoms with Gasteiger partial charge in [0.15, 0.2) is 11.5 Å². The van der Waals surface area contributed by atoms with Gasteiger partial charge in [0.2, 0.25) is 0 Å². The molecule has 2 amide bonds. The van der Waals surface area contributed by atoms with Crippen LogP contribution in [-0.2, 0) is 17.7 Å². The highest BCUT2D eigenvalue weighted by Gasteiger charge is 2.35. The number of phenols is 1. The molecule has 1 unspecified atom stereocenters. The maximum absolute atomic E-state index is 12.9. The first kappa shape index (κ1) is 19.7. The van der Waals surface area contributed by atoms with E-state index in [4.69, 9.17) is 21.1 Å². The number of carbonyl (C=O) groups is 2. The predicted molar refractivity (Wildman–Crippen MR) is 109 cm³/mol.